The number of amidine groups is 2. The lowest BCUT2D eigenvalue weighted by Gasteiger charge is -2.13. The molecule has 3 rings (SSSR count). The van der Waals surface area contributed by atoms with E-state index >= 15 is 0 Å². The van der Waals surface area contributed by atoms with Crippen molar-refractivity contribution < 1.29 is 19.0 Å². The van der Waals surface area contributed by atoms with Crippen molar-refractivity contribution in [1.29, 1.82) is 10.8 Å². The highest BCUT2D eigenvalue weighted by molar-refractivity contribution is 5.95. The van der Waals surface area contributed by atoms with Gasteiger partial charge in [0.1, 0.15) is 29.8 Å². The minimum Gasteiger partial charge on any atom is -0.489 e. The molecule has 31 heavy (non-hydrogen) atoms. The van der Waals surface area contributed by atoms with Crippen molar-refractivity contribution >= 4 is 17.8 Å². The van der Waals surface area contributed by atoms with Crippen LogP contribution in [0.2, 0.25) is 0 Å². The van der Waals surface area contributed by atoms with Crippen LogP contribution in [0, 0.1) is 10.8 Å². The van der Waals surface area contributed by atoms with Crippen molar-refractivity contribution in [2.75, 3.05) is 7.11 Å². The van der Waals surface area contributed by atoms with Crippen LogP contribution >= 0.6 is 0 Å². The second-order valence-corrected chi connectivity index (χ2v) is 6.60. The van der Waals surface area contributed by atoms with Gasteiger partial charge in [-0.25, -0.2) is 4.79 Å². The second kappa shape index (κ2) is 9.45. The molecule has 8 heteroatoms. The maximum atomic E-state index is 11.6. The van der Waals surface area contributed by atoms with Crippen molar-refractivity contribution in [1.82, 2.24) is 0 Å². The number of benzene rings is 3. The van der Waals surface area contributed by atoms with Gasteiger partial charge in [0.2, 0.25) is 0 Å². The Morgan fingerprint density at radius 3 is 2.19 bits per heavy atom. The maximum absolute atomic E-state index is 11.6. The lowest BCUT2D eigenvalue weighted by molar-refractivity contribution is 0.120. The standard InChI is InChI=1S/C23H22N4O4/c1-29-23(28)31-20-10-9-16(14-5-7-15(8-6-14)21(24)25)11-18(20)13-30-19-4-2-3-17(12-19)22(26)27/h2-12H,13H2,1H3,(H3,24,25)(H3,26,27). The molecule has 0 aromatic heterocycles. The van der Waals surface area contributed by atoms with Gasteiger partial charge in [-0.1, -0.05) is 42.5 Å². The topological polar surface area (TPSA) is 145 Å². The predicted octanol–water partition coefficient (Wildman–Crippen LogP) is 3.65. The van der Waals surface area contributed by atoms with Crippen LogP contribution in [0.3, 0.4) is 0 Å². The van der Waals surface area contributed by atoms with E-state index in [9.17, 15) is 4.79 Å². The molecular formula is C23H22N4O4. The summed E-state index contributed by atoms with van der Waals surface area (Å²) in [5.74, 6) is 0.762. The normalized spacial score (nSPS) is 10.2. The molecule has 0 fully saturated rings. The molecule has 0 unspecified atom stereocenters. The molecule has 0 radical (unpaired) electrons. The molecule has 8 nitrogen and oxygen atoms in total. The zero-order valence-electron chi connectivity index (χ0n) is 16.8. The van der Waals surface area contributed by atoms with E-state index in [-0.39, 0.29) is 18.3 Å². The number of rotatable bonds is 7. The van der Waals surface area contributed by atoms with Crippen LogP contribution in [0.4, 0.5) is 4.79 Å². The van der Waals surface area contributed by atoms with Gasteiger partial charge in [0, 0.05) is 16.7 Å². The number of ether oxygens (including phenoxy) is 3. The van der Waals surface area contributed by atoms with E-state index < -0.39 is 6.16 Å². The molecule has 6 N–H and O–H groups in total. The molecule has 3 aromatic rings. The van der Waals surface area contributed by atoms with Crippen molar-refractivity contribution in [3.05, 3.63) is 83.4 Å². The molecule has 3 aromatic carbocycles. The van der Waals surface area contributed by atoms with Gasteiger partial charge >= 0.3 is 6.16 Å². The number of carbonyl (C=O) groups is 1. The molecule has 0 heterocycles. The van der Waals surface area contributed by atoms with Crippen LogP contribution in [0.15, 0.2) is 66.7 Å². The highest BCUT2D eigenvalue weighted by atomic mass is 16.7. The monoisotopic (exact) mass is 418 g/mol. The third-order valence-corrected chi connectivity index (χ3v) is 4.49. The van der Waals surface area contributed by atoms with Gasteiger partial charge < -0.3 is 25.7 Å². The first-order chi connectivity index (χ1) is 14.9. The summed E-state index contributed by atoms with van der Waals surface area (Å²) in [7, 11) is 1.23. The molecule has 0 spiro atoms. The number of hydrogen-bond acceptors (Lipinski definition) is 6. The lowest BCUT2D eigenvalue weighted by atomic mass is 10.0. The Kier molecular flexibility index (Phi) is 6.51. The first kappa shape index (κ1) is 21.4. The van der Waals surface area contributed by atoms with Crippen molar-refractivity contribution in [2.45, 2.75) is 6.61 Å². The fourth-order valence-corrected chi connectivity index (χ4v) is 2.86. The van der Waals surface area contributed by atoms with E-state index in [1.165, 1.54) is 7.11 Å². The largest absolute Gasteiger partial charge is 0.513 e. The van der Waals surface area contributed by atoms with Gasteiger partial charge in [-0.3, -0.25) is 10.8 Å². The van der Waals surface area contributed by atoms with Crippen molar-refractivity contribution in [3.8, 4) is 22.6 Å². The Labute approximate surface area is 179 Å². The predicted molar refractivity (Wildman–Crippen MR) is 118 cm³/mol. The quantitative estimate of drug-likeness (QED) is 0.199. The molecule has 158 valence electrons. The number of nitrogens with one attached hydrogen (secondary N) is 2. The van der Waals surface area contributed by atoms with Crippen LogP contribution in [0.25, 0.3) is 11.1 Å². The summed E-state index contributed by atoms with van der Waals surface area (Å²) >= 11 is 0. The van der Waals surface area contributed by atoms with Crippen LogP contribution in [0.1, 0.15) is 16.7 Å². The second-order valence-electron chi connectivity index (χ2n) is 6.60. The summed E-state index contributed by atoms with van der Waals surface area (Å²) in [5.41, 5.74) is 14.6. The van der Waals surface area contributed by atoms with Gasteiger partial charge in [-0.05, 0) is 35.4 Å². The highest BCUT2D eigenvalue weighted by Gasteiger charge is 2.13. The van der Waals surface area contributed by atoms with Gasteiger partial charge in [0.25, 0.3) is 0 Å². The molecule has 0 atom stereocenters. The van der Waals surface area contributed by atoms with E-state index in [1.807, 2.05) is 18.2 Å². The third-order valence-electron chi connectivity index (χ3n) is 4.49. The summed E-state index contributed by atoms with van der Waals surface area (Å²) < 4.78 is 15.7. The molecule has 0 aliphatic heterocycles. The fourth-order valence-electron chi connectivity index (χ4n) is 2.86. The fraction of sp³-hybridized carbons (Fsp3) is 0.0870. The Balaban J connectivity index is 1.90. The van der Waals surface area contributed by atoms with E-state index in [1.54, 1.807) is 48.5 Å². The molecule has 0 aliphatic carbocycles. The summed E-state index contributed by atoms with van der Waals surface area (Å²) in [6.07, 6.45) is -0.835. The summed E-state index contributed by atoms with van der Waals surface area (Å²) in [5, 5.41) is 15.1. The van der Waals surface area contributed by atoms with Gasteiger partial charge in [0.15, 0.2) is 0 Å². The minimum atomic E-state index is -0.835. The SMILES string of the molecule is COC(=O)Oc1ccc(-c2ccc(C(=N)N)cc2)cc1COc1cccc(C(=N)N)c1. The number of nitrogens with two attached hydrogens (primary N) is 2. The maximum Gasteiger partial charge on any atom is 0.513 e. The Morgan fingerprint density at radius 2 is 1.55 bits per heavy atom. The van der Waals surface area contributed by atoms with Gasteiger partial charge in [-0.15, -0.1) is 0 Å². The third kappa shape index (κ3) is 5.39. The van der Waals surface area contributed by atoms with Crippen LogP contribution in [-0.4, -0.2) is 24.9 Å². The average molecular weight is 418 g/mol. The van der Waals surface area contributed by atoms with Crippen LogP contribution in [-0.2, 0) is 11.3 Å². The van der Waals surface area contributed by atoms with Gasteiger partial charge in [-0.2, -0.15) is 0 Å². The summed E-state index contributed by atoms with van der Waals surface area (Å²) in [4.78, 5) is 11.6. The average Bonchev–Trinajstić information content (AvgIpc) is 2.78. The molecule has 0 saturated carbocycles. The Hall–Kier alpha value is -4.33. The van der Waals surface area contributed by atoms with E-state index in [2.05, 4.69) is 4.74 Å². The molecule has 0 amide bonds. The number of nitrogen functional groups attached to an aromatic ring is 2. The molecular weight excluding hydrogens is 396 g/mol. The van der Waals surface area contributed by atoms with E-state index in [4.69, 9.17) is 31.8 Å². The zero-order chi connectivity index (χ0) is 22.4. The first-order valence-corrected chi connectivity index (χ1v) is 9.28. The van der Waals surface area contributed by atoms with Crippen molar-refractivity contribution in [2.24, 2.45) is 11.5 Å². The first-order valence-electron chi connectivity index (χ1n) is 9.28. The Morgan fingerprint density at radius 1 is 0.871 bits per heavy atom. The molecule has 0 aliphatic rings. The smallest absolute Gasteiger partial charge is 0.489 e. The zero-order valence-corrected chi connectivity index (χ0v) is 16.8. The number of methoxy groups -OCH3 is 1. The Bertz CT molecular complexity index is 1130. The van der Waals surface area contributed by atoms with E-state index in [0.29, 0.717) is 28.2 Å². The van der Waals surface area contributed by atoms with Crippen molar-refractivity contribution in [3.63, 3.8) is 0 Å². The molecule has 0 saturated heterocycles. The number of hydrogen-bond donors (Lipinski definition) is 4. The number of carbonyl (C=O) groups excluding carboxylic acids is 1. The van der Waals surface area contributed by atoms with Crippen LogP contribution < -0.4 is 20.9 Å². The highest BCUT2D eigenvalue weighted by Crippen LogP contribution is 2.29. The minimum absolute atomic E-state index is 0.00439. The lowest BCUT2D eigenvalue weighted by Crippen LogP contribution is -2.11. The molecule has 0 bridgehead atoms. The summed E-state index contributed by atoms with van der Waals surface area (Å²) in [6, 6.07) is 19.4. The summed E-state index contributed by atoms with van der Waals surface area (Å²) in [6.45, 7) is 0.104. The van der Waals surface area contributed by atoms with E-state index in [0.717, 1.165) is 11.1 Å². The van der Waals surface area contributed by atoms with Gasteiger partial charge in [0.05, 0.1) is 7.11 Å². The van der Waals surface area contributed by atoms with Crippen LogP contribution in [0.5, 0.6) is 11.5 Å².